The summed E-state index contributed by atoms with van der Waals surface area (Å²) >= 11 is 5.91. The highest BCUT2D eigenvalue weighted by Gasteiger charge is 2.52. The Morgan fingerprint density at radius 2 is 1.70 bits per heavy atom. The monoisotopic (exact) mass is 523 g/mol. The van der Waals surface area contributed by atoms with Gasteiger partial charge in [-0.15, -0.1) is 0 Å². The number of amides is 2. The lowest BCUT2D eigenvalue weighted by Gasteiger charge is -2.51. The molecular weight excluding hydrogens is 497 g/mol. The van der Waals surface area contributed by atoms with Crippen molar-refractivity contribution in [1.82, 2.24) is 5.32 Å². The van der Waals surface area contributed by atoms with Crippen molar-refractivity contribution < 1.29 is 23.9 Å². The Labute approximate surface area is 219 Å². The van der Waals surface area contributed by atoms with Crippen LogP contribution in [0.1, 0.15) is 51.6 Å². The first-order valence-corrected chi connectivity index (χ1v) is 12.2. The van der Waals surface area contributed by atoms with Gasteiger partial charge < -0.3 is 20.6 Å². The van der Waals surface area contributed by atoms with E-state index in [1.54, 1.807) is 12.1 Å². The fraction of sp³-hybridized carbons (Fsp3) is 0.250. The van der Waals surface area contributed by atoms with E-state index in [4.69, 9.17) is 11.6 Å². The Balaban J connectivity index is 1.73. The van der Waals surface area contributed by atoms with Crippen LogP contribution in [0.4, 0.5) is 15.8 Å². The number of carbonyl (C=O) groups excluding carboxylic acids is 2. The second-order valence-corrected chi connectivity index (χ2v) is 9.78. The van der Waals surface area contributed by atoms with Crippen molar-refractivity contribution in [2.45, 2.75) is 25.2 Å². The Morgan fingerprint density at radius 3 is 2.30 bits per heavy atom. The molecule has 3 N–H and O–H groups in total. The number of aromatic carboxylic acids is 1. The third-order valence-corrected chi connectivity index (χ3v) is 7.00. The van der Waals surface area contributed by atoms with E-state index in [-0.39, 0.29) is 33.7 Å². The van der Waals surface area contributed by atoms with E-state index in [0.29, 0.717) is 13.1 Å². The van der Waals surface area contributed by atoms with Crippen LogP contribution < -0.4 is 15.5 Å². The minimum atomic E-state index is -1.02. The van der Waals surface area contributed by atoms with E-state index in [1.165, 1.54) is 25.2 Å². The Morgan fingerprint density at radius 1 is 1.05 bits per heavy atom. The molecule has 3 aromatic carbocycles. The van der Waals surface area contributed by atoms with E-state index in [0.717, 1.165) is 22.9 Å². The zero-order valence-corrected chi connectivity index (χ0v) is 21.4. The van der Waals surface area contributed by atoms with Crippen molar-refractivity contribution in [1.29, 1.82) is 0 Å². The number of carbonyl (C=O) groups is 3. The fourth-order valence-electron chi connectivity index (χ4n) is 4.69. The predicted octanol–water partition coefficient (Wildman–Crippen LogP) is 5.06. The van der Waals surface area contributed by atoms with Gasteiger partial charge in [-0.05, 0) is 53.4 Å². The number of carboxylic acids is 1. The molecular formula is C28H27ClFN3O4. The third-order valence-electron chi connectivity index (χ3n) is 6.71. The van der Waals surface area contributed by atoms with Gasteiger partial charge in [-0.1, -0.05) is 49.7 Å². The van der Waals surface area contributed by atoms with Crippen molar-refractivity contribution in [2.24, 2.45) is 0 Å². The Kier molecular flexibility index (Phi) is 7.23. The third kappa shape index (κ3) is 4.89. The summed E-state index contributed by atoms with van der Waals surface area (Å²) in [6.45, 7) is 4.70. The standard InChI is InChI=1S/C28H27ClFN3O4/c1-16(2)19-6-4-5-7-21(19)28(14-33(15-28)18-10-8-17(9-11-18)26(35)36)27(37)32-24-13-23(30)22(29)12-20(24)25(34)31-3/h4-13,16H,14-15H2,1-3H3,(H,31,34)(H,32,37)(H,35,36). The zero-order chi connectivity index (χ0) is 26.9. The highest BCUT2D eigenvalue weighted by molar-refractivity contribution is 6.31. The van der Waals surface area contributed by atoms with Crippen molar-refractivity contribution in [2.75, 3.05) is 30.4 Å². The van der Waals surface area contributed by atoms with Crippen LogP contribution in [0.25, 0.3) is 0 Å². The molecule has 0 atom stereocenters. The van der Waals surface area contributed by atoms with Crippen LogP contribution in [0.15, 0.2) is 60.7 Å². The van der Waals surface area contributed by atoms with Crippen LogP contribution in [0.2, 0.25) is 5.02 Å². The molecule has 0 radical (unpaired) electrons. The summed E-state index contributed by atoms with van der Waals surface area (Å²) in [4.78, 5) is 39.6. The molecule has 4 rings (SSSR count). The number of anilines is 2. The molecule has 9 heteroatoms. The summed E-state index contributed by atoms with van der Waals surface area (Å²) in [7, 11) is 1.44. The van der Waals surface area contributed by atoms with Gasteiger partial charge in [-0.25, -0.2) is 9.18 Å². The summed E-state index contributed by atoms with van der Waals surface area (Å²) in [6, 6.07) is 16.4. The highest BCUT2D eigenvalue weighted by Crippen LogP contribution is 2.42. The van der Waals surface area contributed by atoms with Crippen molar-refractivity contribution >= 4 is 40.8 Å². The smallest absolute Gasteiger partial charge is 0.335 e. The number of halogens is 2. The largest absolute Gasteiger partial charge is 0.478 e. The molecule has 1 aliphatic heterocycles. The molecule has 0 spiro atoms. The second-order valence-electron chi connectivity index (χ2n) is 9.38. The predicted molar refractivity (Wildman–Crippen MR) is 141 cm³/mol. The minimum Gasteiger partial charge on any atom is -0.478 e. The number of rotatable bonds is 7. The molecule has 0 unspecified atom stereocenters. The first kappa shape index (κ1) is 26.2. The first-order valence-electron chi connectivity index (χ1n) is 11.8. The molecule has 1 fully saturated rings. The first-order chi connectivity index (χ1) is 17.6. The van der Waals surface area contributed by atoms with Gasteiger partial charge in [0.2, 0.25) is 5.91 Å². The lowest BCUT2D eigenvalue weighted by molar-refractivity contribution is -0.122. The summed E-state index contributed by atoms with van der Waals surface area (Å²) in [5.41, 5.74) is 1.88. The molecule has 1 heterocycles. The molecule has 37 heavy (non-hydrogen) atoms. The number of benzene rings is 3. The van der Waals surface area contributed by atoms with E-state index < -0.39 is 23.1 Å². The van der Waals surface area contributed by atoms with Gasteiger partial charge in [-0.2, -0.15) is 0 Å². The number of hydrogen-bond acceptors (Lipinski definition) is 4. The maximum atomic E-state index is 14.4. The summed E-state index contributed by atoms with van der Waals surface area (Å²) in [6.07, 6.45) is 0. The Bertz CT molecular complexity index is 1370. The van der Waals surface area contributed by atoms with Crippen LogP contribution >= 0.6 is 11.6 Å². The van der Waals surface area contributed by atoms with Crippen LogP contribution in [0, 0.1) is 5.82 Å². The lowest BCUT2D eigenvalue weighted by atomic mass is 9.69. The van der Waals surface area contributed by atoms with Crippen molar-refractivity contribution in [3.63, 3.8) is 0 Å². The Hall–Kier alpha value is -3.91. The minimum absolute atomic E-state index is 0.0249. The van der Waals surface area contributed by atoms with E-state index in [2.05, 4.69) is 10.6 Å². The number of carboxylic acid groups (broad SMARTS) is 1. The van der Waals surface area contributed by atoms with Gasteiger partial charge in [-0.3, -0.25) is 9.59 Å². The lowest BCUT2D eigenvalue weighted by Crippen LogP contribution is -2.65. The molecule has 3 aromatic rings. The molecule has 0 aliphatic carbocycles. The molecule has 2 amide bonds. The van der Waals surface area contributed by atoms with E-state index >= 15 is 0 Å². The molecule has 7 nitrogen and oxygen atoms in total. The summed E-state index contributed by atoms with van der Waals surface area (Å²) < 4.78 is 14.4. The quantitative estimate of drug-likeness (QED) is 0.402. The average Bonchev–Trinajstić information content (AvgIpc) is 2.85. The molecule has 1 aliphatic rings. The second kappa shape index (κ2) is 10.2. The van der Waals surface area contributed by atoms with Gasteiger partial charge in [0.05, 0.1) is 21.8 Å². The van der Waals surface area contributed by atoms with Crippen LogP contribution in [0.3, 0.4) is 0 Å². The van der Waals surface area contributed by atoms with Crippen molar-refractivity contribution in [3.05, 3.63) is 93.8 Å². The number of hydrogen-bond donors (Lipinski definition) is 3. The van der Waals surface area contributed by atoms with Gasteiger partial charge in [0.15, 0.2) is 0 Å². The molecule has 192 valence electrons. The zero-order valence-electron chi connectivity index (χ0n) is 20.6. The van der Waals surface area contributed by atoms with Gasteiger partial charge in [0, 0.05) is 25.8 Å². The van der Waals surface area contributed by atoms with Gasteiger partial charge >= 0.3 is 5.97 Å². The number of nitrogens with one attached hydrogen (secondary N) is 2. The normalized spacial score (nSPS) is 14.2. The maximum absolute atomic E-state index is 14.4. The topological polar surface area (TPSA) is 98.7 Å². The van der Waals surface area contributed by atoms with Crippen LogP contribution in [-0.2, 0) is 10.2 Å². The molecule has 1 saturated heterocycles. The average molecular weight is 524 g/mol. The van der Waals surface area contributed by atoms with Crippen molar-refractivity contribution in [3.8, 4) is 0 Å². The van der Waals surface area contributed by atoms with Gasteiger partial charge in [0.25, 0.3) is 5.91 Å². The van der Waals surface area contributed by atoms with Gasteiger partial charge in [0.1, 0.15) is 11.2 Å². The highest BCUT2D eigenvalue weighted by atomic mass is 35.5. The maximum Gasteiger partial charge on any atom is 0.335 e. The van der Waals surface area contributed by atoms with E-state index in [9.17, 15) is 23.9 Å². The fourth-order valence-corrected chi connectivity index (χ4v) is 4.85. The summed E-state index contributed by atoms with van der Waals surface area (Å²) in [5, 5.41) is 14.3. The number of nitrogens with zero attached hydrogens (tertiary/aromatic N) is 1. The summed E-state index contributed by atoms with van der Waals surface area (Å²) in [5.74, 6) is -2.53. The molecule has 0 aromatic heterocycles. The van der Waals surface area contributed by atoms with E-state index in [1.807, 2.05) is 43.0 Å². The van der Waals surface area contributed by atoms with Crippen LogP contribution in [0.5, 0.6) is 0 Å². The molecule has 0 saturated carbocycles. The van der Waals surface area contributed by atoms with Crippen LogP contribution in [-0.4, -0.2) is 43.0 Å². The molecule has 0 bridgehead atoms. The SMILES string of the molecule is CNC(=O)c1cc(Cl)c(F)cc1NC(=O)C1(c2ccccc2C(C)C)CN(c2ccc(C(=O)O)cc2)C1.